The van der Waals surface area contributed by atoms with Crippen molar-refractivity contribution in [1.82, 2.24) is 13.7 Å². The molecule has 0 bridgehead atoms. The first-order chi connectivity index (χ1) is 10.9. The second kappa shape index (κ2) is 5.55. The number of aliphatic hydroxyl groups excluding tert-OH is 1. The Morgan fingerprint density at radius 3 is 2.35 bits per heavy atom. The Kier molecular flexibility index (Phi) is 3.69. The minimum absolute atomic E-state index is 0.328. The SMILES string of the molecule is CC(O)Cn1cc2c(c1-c1ccccc1)c(=O)n(C)c(=O)n2C. The molecule has 0 aliphatic rings. The number of aliphatic hydroxyl groups is 1. The van der Waals surface area contributed by atoms with Crippen LogP contribution in [-0.2, 0) is 20.6 Å². The van der Waals surface area contributed by atoms with E-state index in [-0.39, 0.29) is 11.2 Å². The molecule has 0 aliphatic heterocycles. The van der Waals surface area contributed by atoms with E-state index in [0.29, 0.717) is 17.4 Å². The van der Waals surface area contributed by atoms with Gasteiger partial charge in [0.1, 0.15) is 0 Å². The molecule has 1 unspecified atom stereocenters. The zero-order valence-electron chi connectivity index (χ0n) is 13.4. The van der Waals surface area contributed by atoms with Gasteiger partial charge in [-0.1, -0.05) is 30.3 Å². The van der Waals surface area contributed by atoms with Crippen molar-refractivity contribution in [2.45, 2.75) is 19.6 Å². The van der Waals surface area contributed by atoms with E-state index < -0.39 is 6.10 Å². The van der Waals surface area contributed by atoms with Crippen molar-refractivity contribution in [3.8, 4) is 11.3 Å². The smallest absolute Gasteiger partial charge is 0.330 e. The van der Waals surface area contributed by atoms with Crippen LogP contribution < -0.4 is 11.2 Å². The molecule has 0 saturated heterocycles. The largest absolute Gasteiger partial charge is 0.392 e. The molecule has 0 saturated carbocycles. The van der Waals surface area contributed by atoms with Crippen LogP contribution >= 0.6 is 0 Å². The topological polar surface area (TPSA) is 69.2 Å². The Bertz CT molecular complexity index is 978. The predicted molar refractivity (Wildman–Crippen MR) is 89.5 cm³/mol. The van der Waals surface area contributed by atoms with Gasteiger partial charge in [-0.3, -0.25) is 13.9 Å². The minimum Gasteiger partial charge on any atom is -0.392 e. The molecule has 1 atom stereocenters. The average Bonchev–Trinajstić information content (AvgIpc) is 2.90. The zero-order valence-corrected chi connectivity index (χ0v) is 13.4. The molecule has 6 nitrogen and oxygen atoms in total. The molecule has 120 valence electrons. The van der Waals surface area contributed by atoms with Crippen LogP contribution in [0.2, 0.25) is 0 Å². The van der Waals surface area contributed by atoms with E-state index in [4.69, 9.17) is 0 Å². The third kappa shape index (κ3) is 2.41. The lowest BCUT2D eigenvalue weighted by molar-refractivity contribution is 0.174. The van der Waals surface area contributed by atoms with Gasteiger partial charge in [-0.2, -0.15) is 0 Å². The first kappa shape index (κ1) is 15.3. The van der Waals surface area contributed by atoms with E-state index in [0.717, 1.165) is 15.8 Å². The summed E-state index contributed by atoms with van der Waals surface area (Å²) in [5.41, 5.74) is 1.47. The molecule has 0 radical (unpaired) electrons. The Morgan fingerprint density at radius 1 is 1.09 bits per heavy atom. The van der Waals surface area contributed by atoms with Gasteiger partial charge >= 0.3 is 5.69 Å². The Balaban J connectivity index is 2.49. The van der Waals surface area contributed by atoms with E-state index in [1.165, 1.54) is 11.6 Å². The van der Waals surface area contributed by atoms with Gasteiger partial charge in [0, 0.05) is 26.8 Å². The van der Waals surface area contributed by atoms with Gasteiger partial charge in [0.25, 0.3) is 5.56 Å². The van der Waals surface area contributed by atoms with Crippen molar-refractivity contribution < 1.29 is 5.11 Å². The lowest BCUT2D eigenvalue weighted by Gasteiger charge is -2.11. The molecule has 0 amide bonds. The van der Waals surface area contributed by atoms with Crippen molar-refractivity contribution in [3.05, 3.63) is 57.4 Å². The summed E-state index contributed by atoms with van der Waals surface area (Å²) < 4.78 is 4.41. The standard InChI is InChI=1S/C17H19N3O3/c1-11(21)9-20-10-13-14(15(20)12-7-5-4-6-8-12)16(22)19(3)17(23)18(13)2/h4-8,10-11,21H,9H2,1-3H3. The molecule has 6 heteroatoms. The Hall–Kier alpha value is -2.60. The summed E-state index contributed by atoms with van der Waals surface area (Å²) in [6.07, 6.45) is 1.19. The first-order valence-electron chi connectivity index (χ1n) is 7.44. The summed E-state index contributed by atoms with van der Waals surface area (Å²) in [6.45, 7) is 2.03. The fourth-order valence-electron chi connectivity index (χ4n) is 2.92. The highest BCUT2D eigenvalue weighted by molar-refractivity contribution is 5.93. The molecular weight excluding hydrogens is 294 g/mol. The van der Waals surface area contributed by atoms with Gasteiger partial charge in [0.15, 0.2) is 0 Å². The normalized spacial score (nSPS) is 12.7. The maximum atomic E-state index is 12.7. The summed E-state index contributed by atoms with van der Waals surface area (Å²) in [7, 11) is 3.12. The maximum Gasteiger partial charge on any atom is 0.330 e. The average molecular weight is 313 g/mol. The van der Waals surface area contributed by atoms with Gasteiger partial charge < -0.3 is 9.67 Å². The molecule has 23 heavy (non-hydrogen) atoms. The predicted octanol–water partition coefficient (Wildman–Crippen LogP) is 1.09. The maximum absolute atomic E-state index is 12.7. The number of nitrogens with zero attached hydrogens (tertiary/aromatic N) is 3. The minimum atomic E-state index is -0.569. The highest BCUT2D eigenvalue weighted by Gasteiger charge is 2.19. The van der Waals surface area contributed by atoms with Crippen molar-refractivity contribution in [3.63, 3.8) is 0 Å². The number of aryl methyl sites for hydroxylation is 1. The molecule has 1 aromatic carbocycles. The summed E-state index contributed by atoms with van der Waals surface area (Å²) in [6, 6.07) is 9.53. The lowest BCUT2D eigenvalue weighted by Crippen LogP contribution is -2.36. The molecule has 0 spiro atoms. The quantitative estimate of drug-likeness (QED) is 0.787. The first-order valence-corrected chi connectivity index (χ1v) is 7.44. The van der Waals surface area contributed by atoms with Gasteiger partial charge in [-0.15, -0.1) is 0 Å². The van der Waals surface area contributed by atoms with Crippen LogP contribution in [0.3, 0.4) is 0 Å². The van der Waals surface area contributed by atoms with E-state index in [2.05, 4.69) is 0 Å². The van der Waals surface area contributed by atoms with Gasteiger partial charge in [-0.05, 0) is 12.5 Å². The lowest BCUT2D eigenvalue weighted by atomic mass is 10.1. The third-order valence-corrected chi connectivity index (χ3v) is 4.02. The van der Waals surface area contributed by atoms with Crippen molar-refractivity contribution in [1.29, 1.82) is 0 Å². The molecular formula is C17H19N3O3. The second-order valence-electron chi connectivity index (χ2n) is 5.81. The van der Waals surface area contributed by atoms with Crippen molar-refractivity contribution >= 4 is 10.9 Å². The highest BCUT2D eigenvalue weighted by atomic mass is 16.3. The summed E-state index contributed by atoms with van der Waals surface area (Å²) in [5.74, 6) is 0. The van der Waals surface area contributed by atoms with Gasteiger partial charge in [0.2, 0.25) is 0 Å². The third-order valence-electron chi connectivity index (χ3n) is 4.02. The summed E-state index contributed by atoms with van der Waals surface area (Å²) in [4.78, 5) is 24.8. The number of aromatic nitrogens is 3. The molecule has 3 aromatic rings. The number of fused-ring (bicyclic) bond motifs is 1. The molecule has 0 aliphatic carbocycles. The molecule has 1 N–H and O–H groups in total. The van der Waals surface area contributed by atoms with Crippen LogP contribution in [0.4, 0.5) is 0 Å². The van der Waals surface area contributed by atoms with Crippen LogP contribution in [0.15, 0.2) is 46.1 Å². The number of hydrogen-bond donors (Lipinski definition) is 1. The second-order valence-corrected chi connectivity index (χ2v) is 5.81. The van der Waals surface area contributed by atoms with Crippen LogP contribution in [0.1, 0.15) is 6.92 Å². The monoisotopic (exact) mass is 313 g/mol. The number of benzene rings is 1. The molecule has 3 rings (SSSR count). The van der Waals surface area contributed by atoms with Gasteiger partial charge in [0.05, 0.1) is 22.7 Å². The zero-order chi connectivity index (χ0) is 16.7. The summed E-state index contributed by atoms with van der Waals surface area (Å²) >= 11 is 0. The van der Waals surface area contributed by atoms with Crippen LogP contribution in [0.5, 0.6) is 0 Å². The number of rotatable bonds is 3. The van der Waals surface area contributed by atoms with E-state index in [9.17, 15) is 14.7 Å². The molecule has 0 fully saturated rings. The fourth-order valence-corrected chi connectivity index (χ4v) is 2.92. The molecule has 2 heterocycles. The Labute approximate surface area is 132 Å². The van der Waals surface area contributed by atoms with Crippen LogP contribution in [0.25, 0.3) is 22.2 Å². The van der Waals surface area contributed by atoms with E-state index in [1.807, 2.05) is 34.9 Å². The Morgan fingerprint density at radius 2 is 1.74 bits per heavy atom. The van der Waals surface area contributed by atoms with Crippen LogP contribution in [-0.4, -0.2) is 24.9 Å². The molecule has 2 aromatic heterocycles. The van der Waals surface area contributed by atoms with Crippen molar-refractivity contribution in [2.75, 3.05) is 0 Å². The summed E-state index contributed by atoms with van der Waals surface area (Å²) in [5, 5.41) is 10.3. The van der Waals surface area contributed by atoms with Crippen LogP contribution in [0, 0.1) is 0 Å². The van der Waals surface area contributed by atoms with Gasteiger partial charge in [-0.25, -0.2) is 4.79 Å². The fraction of sp³-hybridized carbons (Fsp3) is 0.294. The van der Waals surface area contributed by atoms with E-state index >= 15 is 0 Å². The van der Waals surface area contributed by atoms with Crippen molar-refractivity contribution in [2.24, 2.45) is 14.1 Å². The van der Waals surface area contributed by atoms with E-state index in [1.54, 1.807) is 20.2 Å². The highest BCUT2D eigenvalue weighted by Crippen LogP contribution is 2.28. The number of hydrogen-bond acceptors (Lipinski definition) is 3.